The van der Waals surface area contributed by atoms with Gasteiger partial charge in [-0.05, 0) is 29.7 Å². The van der Waals surface area contributed by atoms with Gasteiger partial charge >= 0.3 is 0 Å². The monoisotopic (exact) mass is 345 g/mol. The van der Waals surface area contributed by atoms with Crippen LogP contribution in [0.5, 0.6) is 0 Å². The van der Waals surface area contributed by atoms with Gasteiger partial charge in [-0.2, -0.15) is 0 Å². The van der Waals surface area contributed by atoms with Crippen LogP contribution in [0.3, 0.4) is 0 Å². The minimum Gasteiger partial charge on any atom is -0.371 e. The quantitative estimate of drug-likeness (QED) is 0.828. The largest absolute Gasteiger partial charge is 0.371 e. The molecule has 0 aromatic heterocycles. The van der Waals surface area contributed by atoms with E-state index in [9.17, 15) is 0 Å². The first-order valence-corrected chi connectivity index (χ1v) is 8.24. The molecule has 3 rings (SSSR count). The third kappa shape index (κ3) is 4.16. The van der Waals surface area contributed by atoms with Crippen LogP contribution in [0, 0.1) is 0 Å². The highest BCUT2D eigenvalue weighted by molar-refractivity contribution is 9.10. The van der Waals surface area contributed by atoms with Gasteiger partial charge in [0, 0.05) is 24.1 Å². The zero-order chi connectivity index (χ0) is 14.5. The molecule has 1 fully saturated rings. The SMILES string of the molecule is Brc1ccc(C2CN(CCc3ccccc3)CCO2)cc1. The zero-order valence-electron chi connectivity index (χ0n) is 12.0. The topological polar surface area (TPSA) is 12.5 Å². The number of hydrogen-bond donors (Lipinski definition) is 0. The van der Waals surface area contributed by atoms with Crippen LogP contribution in [0.2, 0.25) is 0 Å². The maximum absolute atomic E-state index is 5.93. The Labute approximate surface area is 134 Å². The van der Waals surface area contributed by atoms with Crippen molar-refractivity contribution in [3.63, 3.8) is 0 Å². The summed E-state index contributed by atoms with van der Waals surface area (Å²) in [5, 5.41) is 0. The molecule has 0 amide bonds. The number of ether oxygens (including phenoxy) is 1. The van der Waals surface area contributed by atoms with E-state index in [-0.39, 0.29) is 6.10 Å². The maximum Gasteiger partial charge on any atom is 0.0952 e. The van der Waals surface area contributed by atoms with Gasteiger partial charge in [0.2, 0.25) is 0 Å². The van der Waals surface area contributed by atoms with Crippen molar-refractivity contribution in [1.82, 2.24) is 4.90 Å². The first-order valence-electron chi connectivity index (χ1n) is 7.44. The normalized spacial score (nSPS) is 19.6. The van der Waals surface area contributed by atoms with Crippen LogP contribution in [0.1, 0.15) is 17.2 Å². The van der Waals surface area contributed by atoms with E-state index < -0.39 is 0 Å². The molecule has 1 heterocycles. The number of hydrogen-bond acceptors (Lipinski definition) is 2. The fourth-order valence-corrected chi connectivity index (χ4v) is 2.98. The Kier molecular flexibility index (Phi) is 5.07. The van der Waals surface area contributed by atoms with Crippen LogP contribution in [0.25, 0.3) is 0 Å². The van der Waals surface area contributed by atoms with E-state index in [1.54, 1.807) is 0 Å². The molecule has 21 heavy (non-hydrogen) atoms. The van der Waals surface area contributed by atoms with Gasteiger partial charge in [-0.15, -0.1) is 0 Å². The molecule has 0 aliphatic carbocycles. The van der Waals surface area contributed by atoms with Crippen molar-refractivity contribution in [3.8, 4) is 0 Å². The van der Waals surface area contributed by atoms with Crippen LogP contribution in [0.4, 0.5) is 0 Å². The number of rotatable bonds is 4. The van der Waals surface area contributed by atoms with Gasteiger partial charge < -0.3 is 4.74 Å². The molecule has 1 unspecified atom stereocenters. The first-order chi connectivity index (χ1) is 10.3. The van der Waals surface area contributed by atoms with Crippen molar-refractivity contribution in [2.45, 2.75) is 12.5 Å². The molecule has 2 aromatic carbocycles. The lowest BCUT2D eigenvalue weighted by Crippen LogP contribution is -2.39. The summed E-state index contributed by atoms with van der Waals surface area (Å²) >= 11 is 3.48. The number of halogens is 1. The molecule has 110 valence electrons. The van der Waals surface area contributed by atoms with Crippen LogP contribution < -0.4 is 0 Å². The number of morpholine rings is 1. The van der Waals surface area contributed by atoms with Crippen molar-refractivity contribution in [1.29, 1.82) is 0 Å². The van der Waals surface area contributed by atoms with Crippen LogP contribution in [0.15, 0.2) is 59.1 Å². The predicted octanol–water partition coefficient (Wildman–Crippen LogP) is 4.07. The third-order valence-electron chi connectivity index (χ3n) is 3.95. The van der Waals surface area contributed by atoms with Crippen molar-refractivity contribution in [3.05, 3.63) is 70.2 Å². The van der Waals surface area contributed by atoms with Crippen molar-refractivity contribution < 1.29 is 4.74 Å². The minimum absolute atomic E-state index is 0.197. The molecule has 3 heteroatoms. The van der Waals surface area contributed by atoms with Gasteiger partial charge in [0.05, 0.1) is 12.7 Å². The van der Waals surface area contributed by atoms with Crippen molar-refractivity contribution in [2.75, 3.05) is 26.2 Å². The predicted molar refractivity (Wildman–Crippen MR) is 89.4 cm³/mol. The van der Waals surface area contributed by atoms with E-state index in [0.29, 0.717) is 0 Å². The average molecular weight is 346 g/mol. The Bertz CT molecular complexity index is 555. The second-order valence-electron chi connectivity index (χ2n) is 5.45. The van der Waals surface area contributed by atoms with Gasteiger partial charge in [-0.1, -0.05) is 58.4 Å². The lowest BCUT2D eigenvalue weighted by Gasteiger charge is -2.33. The van der Waals surface area contributed by atoms with Gasteiger partial charge in [-0.25, -0.2) is 0 Å². The summed E-state index contributed by atoms with van der Waals surface area (Å²) in [6, 6.07) is 19.2. The van der Waals surface area contributed by atoms with E-state index in [1.807, 2.05) is 0 Å². The molecular weight excluding hydrogens is 326 g/mol. The maximum atomic E-state index is 5.93. The second-order valence-corrected chi connectivity index (χ2v) is 6.36. The zero-order valence-corrected chi connectivity index (χ0v) is 13.6. The van der Waals surface area contributed by atoms with Gasteiger partial charge in [0.15, 0.2) is 0 Å². The van der Waals surface area contributed by atoms with Crippen molar-refractivity contribution in [2.24, 2.45) is 0 Å². The average Bonchev–Trinajstić information content (AvgIpc) is 2.55. The van der Waals surface area contributed by atoms with E-state index in [1.165, 1.54) is 11.1 Å². The Morgan fingerprint density at radius 1 is 1.05 bits per heavy atom. The fraction of sp³-hybridized carbons (Fsp3) is 0.333. The summed E-state index contributed by atoms with van der Waals surface area (Å²) in [5.74, 6) is 0. The van der Waals surface area contributed by atoms with E-state index in [2.05, 4.69) is 75.4 Å². The van der Waals surface area contributed by atoms with Crippen LogP contribution >= 0.6 is 15.9 Å². The summed E-state index contributed by atoms with van der Waals surface area (Å²) in [6.07, 6.45) is 1.30. The second kappa shape index (κ2) is 7.21. The Morgan fingerprint density at radius 3 is 2.57 bits per heavy atom. The molecule has 0 saturated carbocycles. The highest BCUT2D eigenvalue weighted by Crippen LogP contribution is 2.23. The van der Waals surface area contributed by atoms with Crippen LogP contribution in [-0.2, 0) is 11.2 Å². The van der Waals surface area contributed by atoms with Crippen LogP contribution in [-0.4, -0.2) is 31.1 Å². The molecule has 0 spiro atoms. The van der Waals surface area contributed by atoms with E-state index in [0.717, 1.165) is 37.1 Å². The Hall–Kier alpha value is -1.16. The van der Waals surface area contributed by atoms with Gasteiger partial charge in [0.1, 0.15) is 0 Å². The third-order valence-corrected chi connectivity index (χ3v) is 4.48. The Morgan fingerprint density at radius 2 is 1.81 bits per heavy atom. The summed E-state index contributed by atoms with van der Waals surface area (Å²) < 4.78 is 7.04. The standard InChI is InChI=1S/C18H20BrNO/c19-17-8-6-16(7-9-17)18-14-20(12-13-21-18)11-10-15-4-2-1-3-5-15/h1-9,18H,10-14H2. The van der Waals surface area contributed by atoms with Gasteiger partial charge in [-0.3, -0.25) is 4.90 Å². The molecule has 1 saturated heterocycles. The van der Waals surface area contributed by atoms with Crippen molar-refractivity contribution >= 4 is 15.9 Å². The summed E-state index contributed by atoms with van der Waals surface area (Å²) in [4.78, 5) is 2.50. The first kappa shape index (κ1) is 14.8. The number of nitrogens with zero attached hydrogens (tertiary/aromatic N) is 1. The molecule has 1 aliphatic heterocycles. The van der Waals surface area contributed by atoms with E-state index >= 15 is 0 Å². The van der Waals surface area contributed by atoms with Gasteiger partial charge in [0.25, 0.3) is 0 Å². The fourth-order valence-electron chi connectivity index (χ4n) is 2.72. The summed E-state index contributed by atoms with van der Waals surface area (Å²) in [7, 11) is 0. The Balaban J connectivity index is 1.57. The lowest BCUT2D eigenvalue weighted by atomic mass is 10.1. The molecule has 0 radical (unpaired) electrons. The lowest BCUT2D eigenvalue weighted by molar-refractivity contribution is -0.0295. The smallest absolute Gasteiger partial charge is 0.0952 e. The molecule has 2 nitrogen and oxygen atoms in total. The number of benzene rings is 2. The molecule has 1 atom stereocenters. The molecule has 0 N–H and O–H groups in total. The highest BCUT2D eigenvalue weighted by atomic mass is 79.9. The molecular formula is C18H20BrNO. The molecule has 1 aliphatic rings. The molecule has 0 bridgehead atoms. The summed E-state index contributed by atoms with van der Waals surface area (Å²) in [5.41, 5.74) is 2.67. The molecule has 2 aromatic rings. The minimum atomic E-state index is 0.197. The van der Waals surface area contributed by atoms with E-state index in [4.69, 9.17) is 4.74 Å². The highest BCUT2D eigenvalue weighted by Gasteiger charge is 2.21. The summed E-state index contributed by atoms with van der Waals surface area (Å²) in [6.45, 7) is 3.92.